The fraction of sp³-hybridized carbons (Fsp3) is 0.471. The van der Waals surface area contributed by atoms with Gasteiger partial charge >= 0.3 is 11.9 Å². The molecule has 2 unspecified atom stereocenters. The zero-order chi connectivity index (χ0) is 19.3. The summed E-state index contributed by atoms with van der Waals surface area (Å²) < 4.78 is 39.0. The van der Waals surface area contributed by atoms with E-state index in [1.165, 1.54) is 12.1 Å². The van der Waals surface area contributed by atoms with Crippen molar-refractivity contribution in [3.8, 4) is 0 Å². The minimum absolute atomic E-state index is 0.0263. The Morgan fingerprint density at radius 2 is 1.69 bits per heavy atom. The van der Waals surface area contributed by atoms with Crippen LogP contribution in [0.25, 0.3) is 0 Å². The number of carbonyl (C=O) groups is 2. The molecule has 0 N–H and O–H groups in total. The van der Waals surface area contributed by atoms with E-state index in [1.807, 2.05) is 6.92 Å². The number of carbonyl (C=O) groups excluding carboxylic acids is 2. The van der Waals surface area contributed by atoms with Crippen LogP contribution in [0, 0.1) is 18.8 Å². The third-order valence-electron chi connectivity index (χ3n) is 3.74. The number of hydrogen-bond acceptors (Lipinski definition) is 7. The lowest BCUT2D eigenvalue weighted by Crippen LogP contribution is -2.33. The normalized spacial score (nSPS) is 21.6. The van der Waals surface area contributed by atoms with Gasteiger partial charge in [0.15, 0.2) is 0 Å². The Morgan fingerprint density at radius 1 is 1.12 bits per heavy atom. The van der Waals surface area contributed by atoms with Gasteiger partial charge in [0.05, 0.1) is 24.0 Å². The van der Waals surface area contributed by atoms with E-state index in [4.69, 9.17) is 9.47 Å². The van der Waals surface area contributed by atoms with E-state index in [9.17, 15) is 18.0 Å². The van der Waals surface area contributed by atoms with Crippen molar-refractivity contribution in [2.24, 2.45) is 16.2 Å². The van der Waals surface area contributed by atoms with E-state index in [2.05, 4.69) is 4.40 Å². The van der Waals surface area contributed by atoms with Gasteiger partial charge in [-0.05, 0) is 32.9 Å². The van der Waals surface area contributed by atoms with Crippen LogP contribution in [0.1, 0.15) is 19.4 Å². The maximum absolute atomic E-state index is 12.6. The maximum Gasteiger partial charge on any atom is 0.316 e. The Balaban J connectivity index is 2.38. The zero-order valence-corrected chi connectivity index (χ0v) is 16.4. The van der Waals surface area contributed by atoms with Crippen molar-refractivity contribution in [3.63, 3.8) is 0 Å². The second-order valence-electron chi connectivity index (χ2n) is 5.62. The van der Waals surface area contributed by atoms with Gasteiger partial charge in [-0.2, -0.15) is 12.8 Å². The number of esters is 2. The van der Waals surface area contributed by atoms with Gasteiger partial charge in [-0.1, -0.05) is 17.7 Å². The highest BCUT2D eigenvalue weighted by molar-refractivity contribution is 8.15. The monoisotopic (exact) mass is 399 g/mol. The van der Waals surface area contributed by atoms with E-state index in [0.717, 1.165) is 17.3 Å². The van der Waals surface area contributed by atoms with Crippen LogP contribution in [-0.4, -0.2) is 44.4 Å². The number of sulfonamides is 1. The number of rotatable bonds is 6. The molecule has 1 aromatic rings. The van der Waals surface area contributed by atoms with E-state index in [1.54, 1.807) is 26.0 Å². The van der Waals surface area contributed by atoms with Gasteiger partial charge in [0.2, 0.25) is 0 Å². The quantitative estimate of drug-likeness (QED) is 0.676. The molecule has 26 heavy (non-hydrogen) atoms. The van der Waals surface area contributed by atoms with Crippen LogP contribution in [0.3, 0.4) is 0 Å². The molecule has 9 heteroatoms. The Kier molecular flexibility index (Phi) is 6.82. The Hall–Kier alpha value is -1.87. The highest BCUT2D eigenvalue weighted by Crippen LogP contribution is 2.36. The van der Waals surface area contributed by atoms with Gasteiger partial charge in [-0.25, -0.2) is 0 Å². The SMILES string of the molecule is CCOC(=O)C1CS/C(=N\S(=O)(=O)c2ccc(C)cc2)C1C(=O)OCC. The van der Waals surface area contributed by atoms with Crippen molar-refractivity contribution < 1.29 is 27.5 Å². The van der Waals surface area contributed by atoms with E-state index < -0.39 is 33.8 Å². The van der Waals surface area contributed by atoms with Crippen LogP contribution >= 0.6 is 11.8 Å². The molecular weight excluding hydrogens is 378 g/mol. The van der Waals surface area contributed by atoms with E-state index in [0.29, 0.717) is 0 Å². The molecule has 2 rings (SSSR count). The summed E-state index contributed by atoms with van der Waals surface area (Å²) >= 11 is 1.06. The number of ether oxygens (including phenoxy) is 2. The van der Waals surface area contributed by atoms with Gasteiger partial charge in [-0.15, -0.1) is 11.8 Å². The topological polar surface area (TPSA) is 99.1 Å². The molecule has 0 aromatic heterocycles. The van der Waals surface area contributed by atoms with Crippen molar-refractivity contribution in [2.45, 2.75) is 25.7 Å². The smallest absolute Gasteiger partial charge is 0.316 e. The molecule has 1 heterocycles. The number of nitrogens with zero attached hydrogens (tertiary/aromatic N) is 1. The highest BCUT2D eigenvalue weighted by Gasteiger charge is 2.46. The molecule has 1 aliphatic heterocycles. The van der Waals surface area contributed by atoms with Gasteiger partial charge in [0, 0.05) is 5.75 Å². The summed E-state index contributed by atoms with van der Waals surface area (Å²) in [4.78, 5) is 24.5. The average molecular weight is 399 g/mol. The van der Waals surface area contributed by atoms with Crippen molar-refractivity contribution >= 4 is 38.8 Å². The summed E-state index contributed by atoms with van der Waals surface area (Å²) in [5.74, 6) is -2.90. The van der Waals surface area contributed by atoms with E-state index in [-0.39, 0.29) is 28.9 Å². The van der Waals surface area contributed by atoms with E-state index >= 15 is 0 Å². The van der Waals surface area contributed by atoms with Crippen molar-refractivity contribution in [1.29, 1.82) is 0 Å². The first-order valence-electron chi connectivity index (χ1n) is 8.17. The van der Waals surface area contributed by atoms with Crippen LogP contribution < -0.4 is 0 Å². The third-order valence-corrected chi connectivity index (χ3v) is 6.33. The molecule has 0 amide bonds. The summed E-state index contributed by atoms with van der Waals surface area (Å²) in [7, 11) is -4.00. The molecule has 1 fully saturated rings. The molecular formula is C17H21NO6S2. The van der Waals surface area contributed by atoms with Gasteiger partial charge in [0.25, 0.3) is 10.0 Å². The summed E-state index contributed by atoms with van der Waals surface area (Å²) in [5.41, 5.74) is 0.915. The first-order valence-corrected chi connectivity index (χ1v) is 10.6. The number of thioether (sulfide) groups is 1. The molecule has 1 aromatic carbocycles. The maximum atomic E-state index is 12.6. The second-order valence-corrected chi connectivity index (χ2v) is 8.26. The summed E-state index contributed by atoms with van der Waals surface area (Å²) in [5, 5.41) is 0.0575. The minimum Gasteiger partial charge on any atom is -0.466 e. The molecule has 1 saturated heterocycles. The van der Waals surface area contributed by atoms with Crippen LogP contribution in [0.4, 0.5) is 0 Å². The predicted molar refractivity (Wildman–Crippen MR) is 98.5 cm³/mol. The van der Waals surface area contributed by atoms with Crippen molar-refractivity contribution in [1.82, 2.24) is 0 Å². The first kappa shape index (κ1) is 20.4. The zero-order valence-electron chi connectivity index (χ0n) is 14.8. The summed E-state index contributed by atoms with van der Waals surface area (Å²) in [6.45, 7) is 5.43. The fourth-order valence-electron chi connectivity index (χ4n) is 2.45. The van der Waals surface area contributed by atoms with Crippen LogP contribution in [-0.2, 0) is 29.1 Å². The molecule has 7 nitrogen and oxygen atoms in total. The summed E-state index contributed by atoms with van der Waals surface area (Å²) in [6.07, 6.45) is 0. The third kappa shape index (κ3) is 4.64. The molecule has 0 bridgehead atoms. The molecule has 0 saturated carbocycles. The molecule has 1 aliphatic rings. The minimum atomic E-state index is -4.00. The Bertz CT molecular complexity index is 801. The lowest BCUT2D eigenvalue weighted by Gasteiger charge is -2.16. The lowest BCUT2D eigenvalue weighted by atomic mass is 9.95. The molecule has 142 valence electrons. The van der Waals surface area contributed by atoms with Crippen molar-refractivity contribution in [2.75, 3.05) is 19.0 Å². The average Bonchev–Trinajstić information content (AvgIpc) is 2.98. The van der Waals surface area contributed by atoms with Crippen LogP contribution in [0.2, 0.25) is 0 Å². The molecule has 2 atom stereocenters. The van der Waals surface area contributed by atoms with Crippen LogP contribution in [0.5, 0.6) is 0 Å². The molecule has 0 radical (unpaired) electrons. The Morgan fingerprint density at radius 3 is 2.27 bits per heavy atom. The van der Waals surface area contributed by atoms with Gasteiger partial charge in [-0.3, -0.25) is 9.59 Å². The van der Waals surface area contributed by atoms with Gasteiger partial charge in [0.1, 0.15) is 11.0 Å². The molecule has 0 aliphatic carbocycles. The predicted octanol–water partition coefficient (Wildman–Crippen LogP) is 2.19. The molecule has 0 spiro atoms. The van der Waals surface area contributed by atoms with Gasteiger partial charge < -0.3 is 9.47 Å². The fourth-order valence-corrected chi connectivity index (χ4v) is 5.01. The lowest BCUT2D eigenvalue weighted by molar-refractivity contribution is -0.156. The summed E-state index contributed by atoms with van der Waals surface area (Å²) in [6, 6.07) is 6.24. The first-order chi connectivity index (χ1) is 12.3. The highest BCUT2D eigenvalue weighted by atomic mass is 32.2. The van der Waals surface area contributed by atoms with Crippen molar-refractivity contribution in [3.05, 3.63) is 29.8 Å². The second kappa shape index (κ2) is 8.68. The standard InChI is InChI=1S/C17H21NO6S2/c1-4-23-16(19)13-10-25-15(14(13)17(20)24-5-2)18-26(21,22)12-8-6-11(3)7-9-12/h6-9,13-14H,4-5,10H2,1-3H3/b18-15-. The number of hydrogen-bond donors (Lipinski definition) is 0. The number of aryl methyl sites for hydroxylation is 1. The van der Waals surface area contributed by atoms with Crippen LogP contribution in [0.15, 0.2) is 33.6 Å². The Labute approximate surface area is 157 Å². The largest absolute Gasteiger partial charge is 0.466 e. The number of benzene rings is 1.